The van der Waals surface area contributed by atoms with Gasteiger partial charge in [-0.15, -0.1) is 0 Å². The van der Waals surface area contributed by atoms with Crippen LogP contribution < -0.4 is 4.90 Å². The molecule has 5 nitrogen and oxygen atoms in total. The van der Waals surface area contributed by atoms with Crippen molar-refractivity contribution in [3.05, 3.63) is 61.2 Å². The molecule has 2 rings (SSSR count). The lowest BCUT2D eigenvalue weighted by Crippen LogP contribution is -2.47. The Bertz CT molecular complexity index is 632. The summed E-state index contributed by atoms with van der Waals surface area (Å²) in [4.78, 5) is 20.5. The zero-order chi connectivity index (χ0) is 18.2. The summed E-state index contributed by atoms with van der Waals surface area (Å²) >= 11 is 0. The zero-order valence-corrected chi connectivity index (χ0v) is 14.9. The number of allylic oxidation sites excluding steroid dienone is 2. The smallest absolute Gasteiger partial charge is 0.224 e. The molecule has 1 aromatic rings. The molecule has 1 aliphatic heterocycles. The predicted molar refractivity (Wildman–Crippen MR) is 102 cm³/mol. The number of carbonyl (C=O) groups is 1. The molecule has 1 saturated heterocycles. The fourth-order valence-corrected chi connectivity index (χ4v) is 3.29. The number of carbonyl (C=O) groups excluding carboxylic acids is 1. The number of aliphatic hydroxyl groups is 1. The van der Waals surface area contributed by atoms with Crippen LogP contribution in [0.15, 0.2) is 61.2 Å². The second-order valence-electron chi connectivity index (χ2n) is 6.24. The first-order valence-corrected chi connectivity index (χ1v) is 8.66. The minimum Gasteiger partial charge on any atom is -0.508 e. The molecule has 0 aromatic carbocycles. The van der Waals surface area contributed by atoms with E-state index >= 15 is 0 Å². The van der Waals surface area contributed by atoms with Crippen molar-refractivity contribution in [2.75, 3.05) is 24.5 Å². The normalized spacial score (nSPS) is 16.8. The van der Waals surface area contributed by atoms with Crippen LogP contribution in [-0.2, 0) is 4.79 Å². The Morgan fingerprint density at radius 2 is 2.12 bits per heavy atom. The van der Waals surface area contributed by atoms with Crippen LogP contribution in [0.4, 0.5) is 5.69 Å². The van der Waals surface area contributed by atoms with Crippen molar-refractivity contribution in [2.45, 2.75) is 32.2 Å². The third kappa shape index (κ3) is 5.03. The Kier molecular flexibility index (Phi) is 6.95. The van der Waals surface area contributed by atoms with Gasteiger partial charge in [-0.05, 0) is 43.0 Å². The SMILES string of the molecule is C=C/C(O)=C(\C=C)CCN1CCC(N(C(C)=O)c2cccnc2)CC1. The number of nitrogens with zero attached hydrogens (tertiary/aromatic N) is 3. The van der Waals surface area contributed by atoms with E-state index in [4.69, 9.17) is 0 Å². The molecular weight excluding hydrogens is 314 g/mol. The van der Waals surface area contributed by atoms with E-state index in [1.54, 1.807) is 25.4 Å². The highest BCUT2D eigenvalue weighted by atomic mass is 16.3. The van der Waals surface area contributed by atoms with Gasteiger partial charge in [0.25, 0.3) is 0 Å². The quantitative estimate of drug-likeness (QED) is 0.609. The Balaban J connectivity index is 1.93. The molecule has 0 atom stereocenters. The maximum Gasteiger partial charge on any atom is 0.224 e. The third-order valence-electron chi connectivity index (χ3n) is 4.65. The van der Waals surface area contributed by atoms with Crippen molar-refractivity contribution in [3.63, 3.8) is 0 Å². The molecule has 0 spiro atoms. The molecule has 134 valence electrons. The van der Waals surface area contributed by atoms with E-state index in [2.05, 4.69) is 23.0 Å². The van der Waals surface area contributed by atoms with Crippen molar-refractivity contribution in [3.8, 4) is 0 Å². The van der Waals surface area contributed by atoms with Gasteiger partial charge in [0, 0.05) is 38.8 Å². The number of aromatic nitrogens is 1. The fourth-order valence-electron chi connectivity index (χ4n) is 3.29. The topological polar surface area (TPSA) is 56.7 Å². The van der Waals surface area contributed by atoms with E-state index < -0.39 is 0 Å². The first-order chi connectivity index (χ1) is 12.1. The van der Waals surface area contributed by atoms with E-state index in [1.165, 1.54) is 6.08 Å². The lowest BCUT2D eigenvalue weighted by Gasteiger charge is -2.38. The van der Waals surface area contributed by atoms with Gasteiger partial charge in [0.15, 0.2) is 0 Å². The first-order valence-electron chi connectivity index (χ1n) is 8.66. The molecule has 25 heavy (non-hydrogen) atoms. The highest BCUT2D eigenvalue weighted by molar-refractivity contribution is 5.91. The number of hydrogen-bond acceptors (Lipinski definition) is 4. The first kappa shape index (κ1) is 18.9. The molecule has 0 aliphatic carbocycles. The predicted octanol–water partition coefficient (Wildman–Crippen LogP) is 3.47. The molecule has 2 heterocycles. The van der Waals surface area contributed by atoms with E-state index in [-0.39, 0.29) is 17.7 Å². The fraction of sp³-hybridized carbons (Fsp3) is 0.400. The number of amides is 1. The lowest BCUT2D eigenvalue weighted by atomic mass is 10.0. The third-order valence-corrected chi connectivity index (χ3v) is 4.65. The van der Waals surface area contributed by atoms with E-state index in [0.29, 0.717) is 0 Å². The largest absolute Gasteiger partial charge is 0.508 e. The number of rotatable bonds is 7. The van der Waals surface area contributed by atoms with Crippen LogP contribution in [0, 0.1) is 0 Å². The van der Waals surface area contributed by atoms with Crippen molar-refractivity contribution in [1.82, 2.24) is 9.88 Å². The average Bonchev–Trinajstić information content (AvgIpc) is 2.64. The number of hydrogen-bond donors (Lipinski definition) is 1. The summed E-state index contributed by atoms with van der Waals surface area (Å²) in [5.74, 6) is 0.253. The monoisotopic (exact) mass is 341 g/mol. The summed E-state index contributed by atoms with van der Waals surface area (Å²) in [5, 5.41) is 9.77. The number of pyridine rings is 1. The van der Waals surface area contributed by atoms with E-state index in [9.17, 15) is 9.90 Å². The maximum absolute atomic E-state index is 12.1. The van der Waals surface area contributed by atoms with Gasteiger partial charge < -0.3 is 14.9 Å². The molecular formula is C20H27N3O2. The number of likely N-dealkylation sites (tertiary alicyclic amines) is 1. The van der Waals surface area contributed by atoms with Crippen molar-refractivity contribution in [1.29, 1.82) is 0 Å². The van der Waals surface area contributed by atoms with Crippen LogP contribution >= 0.6 is 0 Å². The second-order valence-corrected chi connectivity index (χ2v) is 6.24. The summed E-state index contributed by atoms with van der Waals surface area (Å²) in [7, 11) is 0. The molecule has 1 aromatic heterocycles. The van der Waals surface area contributed by atoms with Gasteiger partial charge in [-0.1, -0.05) is 19.2 Å². The maximum atomic E-state index is 12.1. The second kappa shape index (κ2) is 9.18. The molecule has 1 fully saturated rings. The molecule has 1 amide bonds. The van der Waals surface area contributed by atoms with Gasteiger partial charge in [0.05, 0.1) is 11.9 Å². The van der Waals surface area contributed by atoms with Crippen LogP contribution in [0.5, 0.6) is 0 Å². The van der Waals surface area contributed by atoms with Gasteiger partial charge in [-0.25, -0.2) is 0 Å². The summed E-state index contributed by atoms with van der Waals surface area (Å²) in [6, 6.07) is 3.99. The average molecular weight is 341 g/mol. The lowest BCUT2D eigenvalue weighted by molar-refractivity contribution is -0.117. The van der Waals surface area contributed by atoms with Crippen LogP contribution in [-0.4, -0.2) is 46.6 Å². The van der Waals surface area contributed by atoms with Gasteiger partial charge in [-0.2, -0.15) is 0 Å². The van der Waals surface area contributed by atoms with Crippen molar-refractivity contribution >= 4 is 11.6 Å². The van der Waals surface area contributed by atoms with Crippen LogP contribution in [0.2, 0.25) is 0 Å². The molecule has 5 heteroatoms. The molecule has 0 bridgehead atoms. The Morgan fingerprint density at radius 3 is 2.64 bits per heavy atom. The van der Waals surface area contributed by atoms with Crippen molar-refractivity contribution in [2.24, 2.45) is 0 Å². The Labute approximate surface area is 150 Å². The van der Waals surface area contributed by atoms with Crippen LogP contribution in [0.25, 0.3) is 0 Å². The van der Waals surface area contributed by atoms with E-state index in [0.717, 1.165) is 50.2 Å². The molecule has 1 aliphatic rings. The van der Waals surface area contributed by atoms with Gasteiger partial charge in [-0.3, -0.25) is 9.78 Å². The summed E-state index contributed by atoms with van der Waals surface area (Å²) in [5.41, 5.74) is 1.68. The summed E-state index contributed by atoms with van der Waals surface area (Å²) < 4.78 is 0. The Hall–Kier alpha value is -2.40. The minimum atomic E-state index is 0.0548. The molecule has 0 radical (unpaired) electrons. The zero-order valence-electron chi connectivity index (χ0n) is 14.9. The Morgan fingerprint density at radius 1 is 1.40 bits per heavy atom. The molecule has 1 N–H and O–H groups in total. The minimum absolute atomic E-state index is 0.0548. The summed E-state index contributed by atoms with van der Waals surface area (Å²) in [6.45, 7) is 11.7. The van der Waals surface area contributed by atoms with Gasteiger partial charge in [0.2, 0.25) is 5.91 Å². The number of piperidine rings is 1. The standard InChI is InChI=1S/C20H27N3O2/c1-4-17(20(25)5-2)8-12-22-13-9-18(10-14-22)23(16(3)24)19-7-6-11-21-15-19/h4-7,11,15,18,25H,1-2,8-10,12-14H2,3H3/b20-17-. The van der Waals surface area contributed by atoms with Crippen molar-refractivity contribution < 1.29 is 9.90 Å². The van der Waals surface area contributed by atoms with Gasteiger partial charge >= 0.3 is 0 Å². The molecule has 0 unspecified atom stereocenters. The van der Waals surface area contributed by atoms with Crippen LogP contribution in [0.3, 0.4) is 0 Å². The number of aliphatic hydroxyl groups excluding tert-OH is 1. The molecule has 0 saturated carbocycles. The van der Waals surface area contributed by atoms with Crippen LogP contribution in [0.1, 0.15) is 26.2 Å². The summed E-state index contributed by atoms with van der Waals surface area (Å²) in [6.07, 6.45) is 9.18. The van der Waals surface area contributed by atoms with Gasteiger partial charge in [0.1, 0.15) is 5.76 Å². The highest BCUT2D eigenvalue weighted by Gasteiger charge is 2.27. The highest BCUT2D eigenvalue weighted by Crippen LogP contribution is 2.23. The van der Waals surface area contributed by atoms with E-state index in [1.807, 2.05) is 17.0 Å². The number of anilines is 1.